The molecule has 0 saturated carbocycles. The van der Waals surface area contributed by atoms with Gasteiger partial charge < -0.3 is 34.6 Å². The van der Waals surface area contributed by atoms with Crippen molar-refractivity contribution in [2.24, 2.45) is 0 Å². The van der Waals surface area contributed by atoms with Gasteiger partial charge in [-0.05, 0) is 47.2 Å². The summed E-state index contributed by atoms with van der Waals surface area (Å²) in [5.74, 6) is 0.0217. The lowest BCUT2D eigenvalue weighted by Gasteiger charge is -2.40. The summed E-state index contributed by atoms with van der Waals surface area (Å²) in [6.07, 6.45) is 1.08. The molecule has 0 heterocycles. The topological polar surface area (TPSA) is 135 Å². The number of halogens is 1. The van der Waals surface area contributed by atoms with Crippen molar-refractivity contribution in [2.45, 2.75) is 44.4 Å². The number of methoxy groups -OCH3 is 2. The second kappa shape index (κ2) is 14.4. The highest BCUT2D eigenvalue weighted by Gasteiger charge is 2.40. The average Bonchev–Trinajstić information content (AvgIpc) is 2.85. The van der Waals surface area contributed by atoms with Crippen molar-refractivity contribution in [1.29, 1.82) is 0 Å². The Morgan fingerprint density at radius 2 is 2.06 bits per heavy atom. The number of carbonyl (C=O) groups is 3. The summed E-state index contributed by atoms with van der Waals surface area (Å²) < 4.78 is 17.3. The van der Waals surface area contributed by atoms with Crippen LogP contribution in [-0.2, 0) is 14.3 Å². The number of aliphatic hydroxyl groups excluding tert-OH is 2. The van der Waals surface area contributed by atoms with Crippen molar-refractivity contribution < 1.29 is 38.8 Å². The Kier molecular flexibility index (Phi) is 11.9. The van der Waals surface area contributed by atoms with Gasteiger partial charge in [0.05, 0.1) is 29.9 Å². The van der Waals surface area contributed by atoms with Crippen LogP contribution < -0.4 is 14.8 Å². The minimum atomic E-state index is -1.16. The zero-order valence-electron chi connectivity index (χ0n) is 20.2. The minimum absolute atomic E-state index is 0.0654. The predicted molar refractivity (Wildman–Crippen MR) is 137 cm³/mol. The van der Waals surface area contributed by atoms with Gasteiger partial charge in [0.2, 0.25) is 11.8 Å². The third-order valence-corrected chi connectivity index (χ3v) is 6.38. The molecule has 11 heteroatoms. The number of benzene rings is 1. The number of amides is 2. The number of nitrogens with zero attached hydrogens (tertiary/aromatic N) is 1. The fourth-order valence-electron chi connectivity index (χ4n) is 3.86. The fraction of sp³-hybridized carbons (Fsp3) is 0.542. The van der Waals surface area contributed by atoms with Crippen LogP contribution in [0.25, 0.3) is 0 Å². The van der Waals surface area contributed by atoms with E-state index in [-0.39, 0.29) is 45.1 Å². The van der Waals surface area contributed by atoms with E-state index in [0.29, 0.717) is 38.9 Å². The molecule has 0 fully saturated rings. The zero-order valence-corrected chi connectivity index (χ0v) is 22.3. The molecule has 35 heavy (non-hydrogen) atoms. The standard InChI is InChI=1S/C24H33IN2O8/c1-4-5-21(30)27(7-9-33-2)18-12-16(24(32)26-6-8-28)13-19(22(18)31)35-23-17(25)10-15(14-29)11-20(23)34-3/h10-11,13-14,18-19,22,28,31H,4-9,12H2,1-3H3,(H,26,32). The van der Waals surface area contributed by atoms with E-state index < -0.39 is 24.2 Å². The van der Waals surface area contributed by atoms with Crippen molar-refractivity contribution in [2.75, 3.05) is 40.5 Å². The molecule has 0 aromatic heterocycles. The van der Waals surface area contributed by atoms with Gasteiger partial charge in [-0.2, -0.15) is 0 Å². The molecule has 0 radical (unpaired) electrons. The summed E-state index contributed by atoms with van der Waals surface area (Å²) in [4.78, 5) is 38.5. The summed E-state index contributed by atoms with van der Waals surface area (Å²) in [6.45, 7) is 2.23. The van der Waals surface area contributed by atoms with Crippen molar-refractivity contribution in [3.05, 3.63) is 32.9 Å². The number of carbonyl (C=O) groups excluding carboxylic acids is 3. The molecule has 2 amide bonds. The minimum Gasteiger partial charge on any atom is -0.493 e. The van der Waals surface area contributed by atoms with Crippen LogP contribution in [0.2, 0.25) is 0 Å². The van der Waals surface area contributed by atoms with Crippen LogP contribution in [0.15, 0.2) is 23.8 Å². The van der Waals surface area contributed by atoms with E-state index in [4.69, 9.17) is 19.3 Å². The van der Waals surface area contributed by atoms with Crippen molar-refractivity contribution >= 4 is 40.7 Å². The second-order valence-corrected chi connectivity index (χ2v) is 9.16. The fourth-order valence-corrected chi connectivity index (χ4v) is 4.61. The number of aliphatic hydroxyl groups is 2. The predicted octanol–water partition coefficient (Wildman–Crippen LogP) is 1.30. The first-order chi connectivity index (χ1) is 16.8. The van der Waals surface area contributed by atoms with Gasteiger partial charge in [-0.1, -0.05) is 6.92 Å². The second-order valence-electron chi connectivity index (χ2n) is 8.00. The Labute approximate surface area is 218 Å². The van der Waals surface area contributed by atoms with E-state index in [0.717, 1.165) is 0 Å². The van der Waals surface area contributed by atoms with Crippen LogP contribution in [0.1, 0.15) is 36.5 Å². The lowest BCUT2D eigenvalue weighted by molar-refractivity contribution is -0.139. The maximum Gasteiger partial charge on any atom is 0.247 e. The quantitative estimate of drug-likeness (QED) is 0.227. The van der Waals surface area contributed by atoms with E-state index in [9.17, 15) is 19.5 Å². The van der Waals surface area contributed by atoms with Gasteiger partial charge in [0.15, 0.2) is 11.5 Å². The van der Waals surface area contributed by atoms with Crippen molar-refractivity contribution in [3.63, 3.8) is 0 Å². The first-order valence-corrected chi connectivity index (χ1v) is 12.4. The molecule has 10 nitrogen and oxygen atoms in total. The Balaban J connectivity index is 2.48. The Hall–Kier alpha value is -2.22. The van der Waals surface area contributed by atoms with Crippen LogP contribution in [0.5, 0.6) is 11.5 Å². The maximum atomic E-state index is 12.9. The van der Waals surface area contributed by atoms with E-state index in [1.807, 2.05) is 29.5 Å². The summed E-state index contributed by atoms with van der Waals surface area (Å²) in [5.41, 5.74) is 0.722. The van der Waals surface area contributed by atoms with Crippen LogP contribution in [0.3, 0.4) is 0 Å². The normalized spacial score (nSPS) is 19.5. The highest BCUT2D eigenvalue weighted by atomic mass is 127. The van der Waals surface area contributed by atoms with E-state index in [2.05, 4.69) is 5.32 Å². The zero-order chi connectivity index (χ0) is 26.0. The maximum absolute atomic E-state index is 12.9. The molecule has 2 rings (SSSR count). The van der Waals surface area contributed by atoms with Crippen LogP contribution in [0, 0.1) is 3.57 Å². The van der Waals surface area contributed by atoms with E-state index in [1.54, 1.807) is 6.07 Å². The number of hydrogen-bond donors (Lipinski definition) is 3. The van der Waals surface area contributed by atoms with Crippen LogP contribution in [-0.4, -0.2) is 92.0 Å². The molecule has 0 aliphatic heterocycles. The number of aldehydes is 1. The molecule has 3 atom stereocenters. The molecule has 194 valence electrons. The summed E-state index contributed by atoms with van der Waals surface area (Å²) in [7, 11) is 2.96. The number of rotatable bonds is 13. The van der Waals surface area contributed by atoms with Crippen LogP contribution >= 0.6 is 22.6 Å². The van der Waals surface area contributed by atoms with E-state index >= 15 is 0 Å². The molecule has 0 saturated heterocycles. The molecule has 1 aromatic rings. The van der Waals surface area contributed by atoms with Gasteiger partial charge in [0.1, 0.15) is 18.5 Å². The molecule has 0 spiro atoms. The molecule has 1 aromatic carbocycles. The Morgan fingerprint density at radius 3 is 2.66 bits per heavy atom. The van der Waals surface area contributed by atoms with E-state index in [1.165, 1.54) is 31.3 Å². The smallest absolute Gasteiger partial charge is 0.247 e. The van der Waals surface area contributed by atoms with Gasteiger partial charge in [-0.3, -0.25) is 14.4 Å². The monoisotopic (exact) mass is 604 g/mol. The first-order valence-electron chi connectivity index (χ1n) is 11.4. The SMILES string of the molecule is CCCC(=O)N(CCOC)C1CC(C(=O)NCCO)=CC(Oc2c(I)cc(C=O)cc2OC)C1O. The molecule has 1 aliphatic rings. The number of nitrogens with one attached hydrogen (secondary N) is 1. The largest absolute Gasteiger partial charge is 0.493 e. The molecule has 3 N–H and O–H groups in total. The van der Waals surface area contributed by atoms with Crippen molar-refractivity contribution in [3.8, 4) is 11.5 Å². The van der Waals surface area contributed by atoms with Gasteiger partial charge in [0.25, 0.3) is 0 Å². The number of ether oxygens (including phenoxy) is 3. The van der Waals surface area contributed by atoms with Gasteiger partial charge in [0, 0.05) is 44.2 Å². The van der Waals surface area contributed by atoms with Gasteiger partial charge in [-0.25, -0.2) is 0 Å². The lowest BCUT2D eigenvalue weighted by Crippen LogP contribution is -2.55. The van der Waals surface area contributed by atoms with Gasteiger partial charge >= 0.3 is 0 Å². The average molecular weight is 604 g/mol. The lowest BCUT2D eigenvalue weighted by atomic mass is 9.88. The molecule has 3 unspecified atom stereocenters. The number of hydrogen-bond acceptors (Lipinski definition) is 8. The third-order valence-electron chi connectivity index (χ3n) is 5.58. The Morgan fingerprint density at radius 1 is 1.31 bits per heavy atom. The molecule has 0 bridgehead atoms. The molecular weight excluding hydrogens is 571 g/mol. The van der Waals surface area contributed by atoms with Crippen molar-refractivity contribution in [1.82, 2.24) is 10.2 Å². The Bertz CT molecular complexity index is 923. The first kappa shape index (κ1) is 29.0. The summed E-state index contributed by atoms with van der Waals surface area (Å²) >= 11 is 2.00. The van der Waals surface area contributed by atoms with Crippen LogP contribution in [0.4, 0.5) is 0 Å². The highest BCUT2D eigenvalue weighted by Crippen LogP contribution is 2.37. The molecule has 1 aliphatic carbocycles. The third kappa shape index (κ3) is 7.63. The molecular formula is C24H33IN2O8. The highest BCUT2D eigenvalue weighted by molar-refractivity contribution is 14.1. The summed E-state index contributed by atoms with van der Waals surface area (Å²) in [6, 6.07) is 2.39. The summed E-state index contributed by atoms with van der Waals surface area (Å²) in [5, 5.41) is 23.0. The van der Waals surface area contributed by atoms with Gasteiger partial charge in [-0.15, -0.1) is 0 Å².